The Hall–Kier alpha value is -2.81. The van der Waals surface area contributed by atoms with E-state index in [0.717, 1.165) is 46.6 Å². The number of hydrogen-bond acceptors (Lipinski definition) is 6. The van der Waals surface area contributed by atoms with E-state index in [0.29, 0.717) is 50.4 Å². The number of hydrogen-bond donors (Lipinski definition) is 3. The Morgan fingerprint density at radius 1 is 1.18 bits per heavy atom. The number of aryl methyl sites for hydroxylation is 2. The fourth-order valence-corrected chi connectivity index (χ4v) is 8.65. The number of benzene rings is 1. The number of aliphatic hydroxyl groups is 1. The Morgan fingerprint density at radius 2 is 1.95 bits per heavy atom. The molecule has 1 spiro atoms. The zero-order valence-corrected chi connectivity index (χ0v) is 23.2. The van der Waals surface area contributed by atoms with Crippen LogP contribution in [0.5, 0.6) is 11.5 Å². The number of phenolic OH excluding ortho intramolecular Hbond substituents is 1. The molecule has 3 fully saturated rings. The zero-order valence-electron chi connectivity index (χ0n) is 23.2. The lowest BCUT2D eigenvalue weighted by molar-refractivity contribution is -1.13. The van der Waals surface area contributed by atoms with Crippen LogP contribution in [-0.2, 0) is 16.6 Å². The Balaban J connectivity index is 1.27. The monoisotopic (exact) mass is 535 g/mol. The third kappa shape index (κ3) is 3.25. The van der Waals surface area contributed by atoms with Gasteiger partial charge in [-0.05, 0) is 69.7 Å². The van der Waals surface area contributed by atoms with Crippen LogP contribution >= 0.6 is 0 Å². The third-order valence-corrected chi connectivity index (χ3v) is 10.9. The van der Waals surface area contributed by atoms with Crippen LogP contribution in [0.1, 0.15) is 65.9 Å². The molecule has 1 saturated heterocycles. The number of nitrogens with zero attached hydrogens (tertiary/aromatic N) is 2. The fourth-order valence-electron chi connectivity index (χ4n) is 8.65. The van der Waals surface area contributed by atoms with Crippen LogP contribution in [0.25, 0.3) is 6.08 Å². The average Bonchev–Trinajstić information content (AvgIpc) is 3.57. The van der Waals surface area contributed by atoms with Crippen molar-refractivity contribution in [1.82, 2.24) is 4.90 Å². The summed E-state index contributed by atoms with van der Waals surface area (Å²) in [6.07, 6.45) is 7.26. The zero-order chi connectivity index (χ0) is 27.5. The van der Waals surface area contributed by atoms with Crippen LogP contribution in [0.2, 0.25) is 0 Å². The van der Waals surface area contributed by atoms with Gasteiger partial charge in [0.15, 0.2) is 17.5 Å². The molecule has 208 valence electrons. The predicted octanol–water partition coefficient (Wildman–Crippen LogP) is 3.92. The van der Waals surface area contributed by atoms with Gasteiger partial charge in [-0.15, -0.1) is 0 Å². The predicted molar refractivity (Wildman–Crippen MR) is 144 cm³/mol. The van der Waals surface area contributed by atoms with Crippen molar-refractivity contribution in [3.63, 3.8) is 0 Å². The molecule has 5 aliphatic rings. The highest BCUT2D eigenvalue weighted by atomic mass is 16.6. The summed E-state index contributed by atoms with van der Waals surface area (Å²) in [6, 6.07) is 2.94. The van der Waals surface area contributed by atoms with Gasteiger partial charge in [0.25, 0.3) is 0 Å². The van der Waals surface area contributed by atoms with Gasteiger partial charge in [0.05, 0.1) is 11.5 Å². The van der Waals surface area contributed by atoms with Crippen LogP contribution in [0.3, 0.4) is 0 Å². The standard InChI is InChI=1S/C31H38N2O6/c1-17-18(2)38-19(3)22(17)8-10-26(35)32(4)23-11-12-31(36)25-15-21-7-9-24(34)28-27(21)30(31,29(23)39-28)13-14-33(25,37)16-20-5-6-20/h7-10,20,23,25,29,36-37H,5-6,11-16H2,1-4H3/p+1/b10-8+/t23-,25-,29-,30-,31+,33?/m0/s1. The van der Waals surface area contributed by atoms with Crippen molar-refractivity contribution in [2.24, 2.45) is 5.92 Å². The molecule has 3 N–H and O–H groups in total. The van der Waals surface area contributed by atoms with Crippen molar-refractivity contribution in [3.05, 3.63) is 52.0 Å². The number of phenols is 1. The van der Waals surface area contributed by atoms with E-state index in [-0.39, 0.29) is 28.4 Å². The second kappa shape index (κ2) is 8.12. The van der Waals surface area contributed by atoms with Gasteiger partial charge >= 0.3 is 0 Å². The molecule has 1 aromatic heterocycles. The van der Waals surface area contributed by atoms with Gasteiger partial charge in [-0.1, -0.05) is 6.07 Å². The number of carbonyl (C=O) groups is 1. The Labute approximate surface area is 229 Å². The number of ether oxygens (including phenoxy) is 1. The lowest BCUT2D eigenvalue weighted by atomic mass is 9.48. The van der Waals surface area contributed by atoms with Crippen molar-refractivity contribution in [3.8, 4) is 11.5 Å². The number of likely N-dealkylation sites (tertiary alicyclic amines) is 1. The van der Waals surface area contributed by atoms with Crippen LogP contribution in [-0.4, -0.2) is 74.8 Å². The van der Waals surface area contributed by atoms with Crippen molar-refractivity contribution in [2.45, 2.75) is 88.5 Å². The highest BCUT2D eigenvalue weighted by Crippen LogP contribution is 2.66. The molecular weight excluding hydrogens is 496 g/mol. The number of quaternary nitrogens is 1. The summed E-state index contributed by atoms with van der Waals surface area (Å²) in [7, 11) is 1.80. The van der Waals surface area contributed by atoms with Crippen molar-refractivity contribution in [2.75, 3.05) is 20.1 Å². The summed E-state index contributed by atoms with van der Waals surface area (Å²) in [4.78, 5) is 15.3. The first-order chi connectivity index (χ1) is 18.5. The minimum atomic E-state index is -1.19. The molecule has 1 amide bonds. The van der Waals surface area contributed by atoms with Crippen molar-refractivity contribution < 1.29 is 34.0 Å². The van der Waals surface area contributed by atoms with E-state index in [1.165, 1.54) is 0 Å². The van der Waals surface area contributed by atoms with Crippen molar-refractivity contribution >= 4 is 12.0 Å². The maximum atomic E-state index is 13.5. The molecule has 2 saturated carbocycles. The van der Waals surface area contributed by atoms with E-state index < -0.39 is 17.1 Å². The van der Waals surface area contributed by atoms with Crippen LogP contribution in [0, 0.1) is 26.7 Å². The van der Waals surface area contributed by atoms with Crippen LogP contribution in [0.4, 0.5) is 0 Å². The van der Waals surface area contributed by atoms with E-state index in [1.807, 2.05) is 32.9 Å². The molecule has 2 aliphatic heterocycles. The van der Waals surface area contributed by atoms with Crippen LogP contribution in [0.15, 0.2) is 22.6 Å². The van der Waals surface area contributed by atoms with Gasteiger partial charge in [-0.25, -0.2) is 5.21 Å². The van der Waals surface area contributed by atoms with Crippen LogP contribution < -0.4 is 4.74 Å². The molecule has 3 aliphatic carbocycles. The quantitative estimate of drug-likeness (QED) is 0.396. The Kier molecular flexibility index (Phi) is 5.24. The summed E-state index contributed by atoms with van der Waals surface area (Å²) in [6.45, 7) is 7.00. The first-order valence-corrected chi connectivity index (χ1v) is 14.4. The molecule has 7 rings (SSSR count). The highest BCUT2D eigenvalue weighted by molar-refractivity contribution is 5.92. The molecular formula is C31H39N2O6+. The second-order valence-corrected chi connectivity index (χ2v) is 12.8. The lowest BCUT2D eigenvalue weighted by Crippen LogP contribution is -2.82. The van der Waals surface area contributed by atoms with Crippen molar-refractivity contribution in [1.29, 1.82) is 0 Å². The molecule has 0 radical (unpaired) electrons. The third-order valence-electron chi connectivity index (χ3n) is 10.9. The minimum Gasteiger partial charge on any atom is -0.504 e. The smallest absolute Gasteiger partial charge is 0.246 e. The van der Waals surface area contributed by atoms with Gasteiger partial charge in [0, 0.05) is 43.0 Å². The maximum absolute atomic E-state index is 13.5. The highest BCUT2D eigenvalue weighted by Gasteiger charge is 2.77. The number of likely N-dealkylation sites (N-methyl/N-ethyl adjacent to an activating group) is 1. The van der Waals surface area contributed by atoms with Gasteiger partial charge in [0.2, 0.25) is 5.91 Å². The topological polar surface area (TPSA) is 103 Å². The van der Waals surface area contributed by atoms with Gasteiger partial charge in [-0.3, -0.25) is 4.79 Å². The average molecular weight is 536 g/mol. The molecule has 2 aromatic rings. The van der Waals surface area contributed by atoms with E-state index in [1.54, 1.807) is 24.1 Å². The molecule has 1 unspecified atom stereocenters. The summed E-state index contributed by atoms with van der Waals surface area (Å²) in [5.74, 6) is 2.50. The molecule has 8 heteroatoms. The summed E-state index contributed by atoms with van der Waals surface area (Å²) in [5, 5.41) is 35.5. The van der Waals surface area contributed by atoms with E-state index >= 15 is 0 Å². The first-order valence-electron chi connectivity index (χ1n) is 14.4. The second-order valence-electron chi connectivity index (χ2n) is 12.8. The lowest BCUT2D eigenvalue weighted by Gasteiger charge is -2.64. The SMILES string of the molecule is Cc1oc(C)c(/C=C/C(=O)N(C)[C@H]2CC[C@@]3(O)[C@@H]4Cc5ccc(O)c6c5[C@@]3(CC[N+]4(O)CC3CC3)[C@H]2O6)c1C. The number of aromatic hydroxyl groups is 1. The number of rotatable bonds is 5. The number of amides is 1. The van der Waals surface area contributed by atoms with E-state index in [2.05, 4.69) is 0 Å². The normalized spacial score (nSPS) is 36.1. The first kappa shape index (κ1) is 25.2. The fraction of sp³-hybridized carbons (Fsp3) is 0.581. The van der Waals surface area contributed by atoms with E-state index in [4.69, 9.17) is 9.15 Å². The Morgan fingerprint density at radius 3 is 2.64 bits per heavy atom. The largest absolute Gasteiger partial charge is 0.504 e. The van der Waals surface area contributed by atoms with E-state index in [9.17, 15) is 20.2 Å². The molecule has 3 heterocycles. The number of hydroxylamine groups is 3. The summed E-state index contributed by atoms with van der Waals surface area (Å²) >= 11 is 0. The molecule has 2 bridgehead atoms. The molecule has 39 heavy (non-hydrogen) atoms. The number of furan rings is 1. The van der Waals surface area contributed by atoms with Gasteiger partial charge in [0.1, 0.15) is 36.3 Å². The summed E-state index contributed by atoms with van der Waals surface area (Å²) < 4.78 is 12.2. The number of carbonyl (C=O) groups excluding carboxylic acids is 1. The summed E-state index contributed by atoms with van der Waals surface area (Å²) in [5.41, 5.74) is 1.88. The number of piperidine rings is 1. The molecule has 6 atom stereocenters. The van der Waals surface area contributed by atoms with Gasteiger partial charge in [-0.2, -0.15) is 4.65 Å². The molecule has 1 aromatic carbocycles. The van der Waals surface area contributed by atoms with Gasteiger partial charge < -0.3 is 24.3 Å². The maximum Gasteiger partial charge on any atom is 0.246 e. The minimum absolute atomic E-state index is 0.0699. The Bertz CT molecular complexity index is 1410. The molecule has 8 nitrogen and oxygen atoms in total.